The van der Waals surface area contributed by atoms with Crippen LogP contribution in [0, 0.1) is 6.92 Å². The smallest absolute Gasteiger partial charge is 0.256 e. The van der Waals surface area contributed by atoms with Gasteiger partial charge in [0.15, 0.2) is 11.5 Å². The van der Waals surface area contributed by atoms with E-state index < -0.39 is 0 Å². The number of hydrogen-bond acceptors (Lipinski definition) is 3. The molecule has 0 fully saturated rings. The first-order chi connectivity index (χ1) is 20.8. The number of hydrogen-bond donors (Lipinski definition) is 0. The molecular formula is C37H23BN2O2. The minimum atomic E-state index is 0.0475. The summed E-state index contributed by atoms with van der Waals surface area (Å²) in [5.74, 6) is 3.55. The topological polar surface area (TPSA) is 26.6 Å². The number of para-hydroxylation sites is 6. The van der Waals surface area contributed by atoms with Crippen molar-refractivity contribution in [2.75, 3.05) is 4.90 Å². The maximum Gasteiger partial charge on any atom is 0.256 e. The van der Waals surface area contributed by atoms with Crippen molar-refractivity contribution in [1.82, 2.24) is 4.57 Å². The predicted molar refractivity (Wildman–Crippen MR) is 171 cm³/mol. The van der Waals surface area contributed by atoms with E-state index in [0.717, 1.165) is 40.1 Å². The van der Waals surface area contributed by atoms with Crippen LogP contribution in [0.4, 0.5) is 17.1 Å². The molecule has 10 rings (SSSR count). The number of benzene rings is 6. The zero-order valence-electron chi connectivity index (χ0n) is 22.8. The van der Waals surface area contributed by atoms with Gasteiger partial charge in [0.25, 0.3) is 6.71 Å². The van der Waals surface area contributed by atoms with Gasteiger partial charge >= 0.3 is 0 Å². The monoisotopic (exact) mass is 538 g/mol. The van der Waals surface area contributed by atoms with Crippen LogP contribution in [0.2, 0.25) is 0 Å². The normalized spacial score (nSPS) is 13.6. The van der Waals surface area contributed by atoms with Crippen LogP contribution in [0.3, 0.4) is 0 Å². The van der Waals surface area contributed by atoms with Gasteiger partial charge in [-0.3, -0.25) is 0 Å². The Morgan fingerprint density at radius 1 is 0.571 bits per heavy atom. The summed E-state index contributed by atoms with van der Waals surface area (Å²) in [4.78, 5) is 2.31. The lowest BCUT2D eigenvalue weighted by Crippen LogP contribution is -2.58. The van der Waals surface area contributed by atoms with Gasteiger partial charge in [-0.2, -0.15) is 0 Å². The molecule has 0 saturated heterocycles. The van der Waals surface area contributed by atoms with Crippen molar-refractivity contribution in [3.8, 4) is 28.7 Å². The quantitative estimate of drug-likeness (QED) is 0.201. The molecule has 0 unspecified atom stereocenters. The molecule has 196 valence electrons. The number of rotatable bonds is 1. The van der Waals surface area contributed by atoms with Crippen LogP contribution in [0.25, 0.3) is 27.5 Å². The van der Waals surface area contributed by atoms with E-state index in [-0.39, 0.29) is 6.71 Å². The zero-order chi connectivity index (χ0) is 27.5. The average Bonchev–Trinajstić information content (AvgIpc) is 3.39. The summed E-state index contributed by atoms with van der Waals surface area (Å²) >= 11 is 0. The molecule has 0 spiro atoms. The summed E-state index contributed by atoms with van der Waals surface area (Å²) in [6.45, 7) is 2.25. The highest BCUT2D eigenvalue weighted by atomic mass is 16.5. The Morgan fingerprint density at radius 2 is 1.24 bits per heavy atom. The lowest BCUT2D eigenvalue weighted by Gasteiger charge is -2.36. The van der Waals surface area contributed by atoms with E-state index in [1.807, 2.05) is 24.3 Å². The van der Waals surface area contributed by atoms with Gasteiger partial charge < -0.3 is 18.9 Å². The molecule has 0 radical (unpaired) electrons. The molecule has 0 amide bonds. The minimum Gasteiger partial charge on any atom is -0.458 e. The highest BCUT2D eigenvalue weighted by Gasteiger charge is 2.41. The Morgan fingerprint density at radius 3 is 2.05 bits per heavy atom. The third kappa shape index (κ3) is 2.73. The number of aryl methyl sites for hydroxylation is 1. The largest absolute Gasteiger partial charge is 0.458 e. The Balaban J connectivity index is 1.27. The van der Waals surface area contributed by atoms with Gasteiger partial charge in [-0.25, -0.2) is 0 Å². The van der Waals surface area contributed by atoms with Gasteiger partial charge in [0, 0.05) is 22.1 Å². The van der Waals surface area contributed by atoms with Crippen LogP contribution in [0.15, 0.2) is 121 Å². The molecule has 7 aromatic rings. The highest BCUT2D eigenvalue weighted by Crippen LogP contribution is 2.50. The Bertz CT molecular complexity index is 2260. The van der Waals surface area contributed by atoms with Gasteiger partial charge in [-0.05, 0) is 89.5 Å². The fourth-order valence-electron chi connectivity index (χ4n) is 7.48. The molecule has 42 heavy (non-hydrogen) atoms. The minimum absolute atomic E-state index is 0.0475. The Kier molecular flexibility index (Phi) is 4.17. The van der Waals surface area contributed by atoms with E-state index >= 15 is 0 Å². The summed E-state index contributed by atoms with van der Waals surface area (Å²) in [7, 11) is 0. The lowest BCUT2D eigenvalue weighted by atomic mass is 9.34. The molecular weight excluding hydrogens is 515 g/mol. The molecule has 5 heteroatoms. The molecule has 6 aromatic carbocycles. The molecule has 0 saturated carbocycles. The van der Waals surface area contributed by atoms with Gasteiger partial charge in [0.05, 0.1) is 22.4 Å². The van der Waals surface area contributed by atoms with Gasteiger partial charge in [-0.15, -0.1) is 0 Å². The van der Waals surface area contributed by atoms with Gasteiger partial charge in [0.2, 0.25) is 0 Å². The van der Waals surface area contributed by atoms with Gasteiger partial charge in [0.1, 0.15) is 11.5 Å². The summed E-state index contributed by atoms with van der Waals surface area (Å²) in [5, 5.41) is 2.59. The van der Waals surface area contributed by atoms with Crippen molar-refractivity contribution in [3.05, 3.63) is 127 Å². The second kappa shape index (κ2) is 7.86. The van der Waals surface area contributed by atoms with E-state index in [4.69, 9.17) is 9.47 Å². The summed E-state index contributed by atoms with van der Waals surface area (Å²) < 4.78 is 15.5. The van der Waals surface area contributed by atoms with Crippen LogP contribution < -0.4 is 30.8 Å². The zero-order valence-corrected chi connectivity index (χ0v) is 22.8. The van der Waals surface area contributed by atoms with Crippen molar-refractivity contribution in [2.24, 2.45) is 0 Å². The number of ether oxygens (including phenoxy) is 2. The third-order valence-corrected chi connectivity index (χ3v) is 9.13. The molecule has 0 bridgehead atoms. The second-order valence-electron chi connectivity index (χ2n) is 11.4. The van der Waals surface area contributed by atoms with Crippen molar-refractivity contribution in [2.45, 2.75) is 6.92 Å². The fraction of sp³-hybridized carbons (Fsp3) is 0.0270. The first kappa shape index (κ1) is 22.3. The Labute approximate surface area is 243 Å². The van der Waals surface area contributed by atoms with E-state index in [2.05, 4.69) is 113 Å². The molecule has 1 aromatic heterocycles. The lowest BCUT2D eigenvalue weighted by molar-refractivity contribution is 0.477. The number of fused-ring (bicyclic) bond motifs is 10. The molecule has 0 aliphatic carbocycles. The number of anilines is 3. The van der Waals surface area contributed by atoms with Crippen LogP contribution in [-0.2, 0) is 0 Å². The van der Waals surface area contributed by atoms with E-state index in [0.29, 0.717) is 0 Å². The maximum atomic E-state index is 6.76. The van der Waals surface area contributed by atoms with Gasteiger partial charge in [-0.1, -0.05) is 60.7 Å². The van der Waals surface area contributed by atoms with Crippen molar-refractivity contribution in [1.29, 1.82) is 0 Å². The summed E-state index contributed by atoms with van der Waals surface area (Å²) in [6.07, 6.45) is 0. The molecule has 3 aliphatic heterocycles. The van der Waals surface area contributed by atoms with E-state index in [9.17, 15) is 0 Å². The average molecular weight is 538 g/mol. The van der Waals surface area contributed by atoms with Crippen molar-refractivity contribution >= 4 is 62.0 Å². The maximum absolute atomic E-state index is 6.76. The van der Waals surface area contributed by atoms with E-state index in [1.54, 1.807) is 0 Å². The fourth-order valence-corrected chi connectivity index (χ4v) is 7.48. The van der Waals surface area contributed by atoms with Crippen LogP contribution in [0.5, 0.6) is 23.0 Å². The molecule has 4 nitrogen and oxygen atoms in total. The first-order valence-corrected chi connectivity index (χ1v) is 14.4. The standard InChI is InChI=1S/C37H23BN2O2/c1-22-20-34-36-37-35(22)24-10-2-4-12-27(24)40(37)28-13-5-3-11-25(28)38(36)26-21-23(18-19-31(26)41-34)39-29-14-6-8-16-32(29)42-33-17-9-7-15-30(33)39/h2-21H,1H3. The number of nitrogens with zero attached hydrogens (tertiary/aromatic N) is 2. The van der Waals surface area contributed by atoms with Crippen LogP contribution >= 0.6 is 0 Å². The predicted octanol–water partition coefficient (Wildman–Crippen LogP) is 7.60. The molecule has 0 atom stereocenters. The molecule has 3 aliphatic rings. The SMILES string of the molecule is Cc1cc2c3c4c1c1ccccc1n4-c1ccccc1B3c1cc(N3c4ccccc4Oc4ccccc43)ccc1O2. The molecule has 0 N–H and O–H groups in total. The highest BCUT2D eigenvalue weighted by molar-refractivity contribution is 6.99. The molecule has 4 heterocycles. The second-order valence-corrected chi connectivity index (χ2v) is 11.4. The number of aromatic nitrogens is 1. The van der Waals surface area contributed by atoms with Crippen LogP contribution in [-0.4, -0.2) is 11.3 Å². The Hall–Kier alpha value is -5.42. The van der Waals surface area contributed by atoms with Crippen LogP contribution in [0.1, 0.15) is 5.56 Å². The summed E-state index contributed by atoms with van der Waals surface area (Å²) in [5.41, 5.74) is 11.8. The first-order valence-electron chi connectivity index (χ1n) is 14.4. The van der Waals surface area contributed by atoms with E-state index in [1.165, 1.54) is 49.4 Å². The third-order valence-electron chi connectivity index (χ3n) is 9.13. The van der Waals surface area contributed by atoms with Crippen molar-refractivity contribution in [3.63, 3.8) is 0 Å². The summed E-state index contributed by atoms with van der Waals surface area (Å²) in [6, 6.07) is 43.0. The van der Waals surface area contributed by atoms with Crippen molar-refractivity contribution < 1.29 is 9.47 Å².